The number of amides is 1. The van der Waals surface area contributed by atoms with E-state index in [-0.39, 0.29) is 36.6 Å². The molecule has 3 saturated heterocycles. The number of carbonyl (C=O) groups is 1. The molecule has 4 heterocycles. The van der Waals surface area contributed by atoms with Gasteiger partial charge in [0.1, 0.15) is 27.7 Å². The van der Waals surface area contributed by atoms with E-state index in [2.05, 4.69) is 29.0 Å². The van der Waals surface area contributed by atoms with Gasteiger partial charge in [0.25, 0.3) is 5.91 Å². The summed E-state index contributed by atoms with van der Waals surface area (Å²) < 4.78 is 60.1. The van der Waals surface area contributed by atoms with Crippen molar-refractivity contribution in [1.82, 2.24) is 14.7 Å². The lowest BCUT2D eigenvalue weighted by Crippen LogP contribution is -2.54. The highest BCUT2D eigenvalue weighted by atomic mass is 32.1. The number of halogens is 4. The maximum absolute atomic E-state index is 15.5. The van der Waals surface area contributed by atoms with E-state index in [0.29, 0.717) is 43.2 Å². The average Bonchev–Trinajstić information content (AvgIpc) is 3.22. The first-order valence-electron chi connectivity index (χ1n) is 11.9. The summed E-state index contributed by atoms with van der Waals surface area (Å²) in [4.78, 5) is 17.9. The highest BCUT2D eigenvalue weighted by molar-refractivity contribution is 7.13. The molecular weight excluding hydrogens is 484 g/mol. The van der Waals surface area contributed by atoms with Crippen LogP contribution in [0.5, 0.6) is 5.75 Å². The third-order valence-corrected chi connectivity index (χ3v) is 8.06. The second kappa shape index (κ2) is 10.4. The van der Waals surface area contributed by atoms with Gasteiger partial charge in [-0.15, -0.1) is 11.3 Å². The number of hydrogen-bond acceptors (Lipinski definition) is 6. The molecule has 0 aromatic carbocycles. The van der Waals surface area contributed by atoms with Crippen molar-refractivity contribution in [3.63, 3.8) is 0 Å². The quantitative estimate of drug-likeness (QED) is 0.425. The van der Waals surface area contributed by atoms with Crippen LogP contribution in [0.1, 0.15) is 35.4 Å². The molecule has 11 heteroatoms. The van der Waals surface area contributed by atoms with E-state index in [0.717, 1.165) is 25.7 Å². The average molecular weight is 515 g/mol. The van der Waals surface area contributed by atoms with Gasteiger partial charge in [-0.3, -0.25) is 9.69 Å². The Labute approximate surface area is 206 Å². The van der Waals surface area contributed by atoms with Gasteiger partial charge < -0.3 is 14.5 Å². The predicted octanol–water partition coefficient (Wildman–Crippen LogP) is 3.93. The van der Waals surface area contributed by atoms with Crippen molar-refractivity contribution in [2.45, 2.75) is 43.6 Å². The SMILES string of the molecule is CN1CC(C=CCN2CCC(F)(C(=O)N3CCC(Oc4cc(C(F)(F)F)sc4C#N)CC3)CC2)C1. The molecule has 6 nitrogen and oxygen atoms in total. The number of likely N-dealkylation sites (tertiary alicyclic amines) is 3. The zero-order valence-corrected chi connectivity index (χ0v) is 20.5. The van der Waals surface area contributed by atoms with E-state index < -0.39 is 28.7 Å². The molecular formula is C24H30F4N4O2S. The molecule has 3 fully saturated rings. The molecule has 1 aromatic rings. The van der Waals surface area contributed by atoms with E-state index in [4.69, 9.17) is 10.00 Å². The van der Waals surface area contributed by atoms with Gasteiger partial charge >= 0.3 is 6.18 Å². The fourth-order valence-electron chi connectivity index (χ4n) is 4.89. The van der Waals surface area contributed by atoms with E-state index in [1.54, 1.807) is 6.07 Å². The number of alkyl halides is 4. The second-order valence-corrected chi connectivity index (χ2v) is 10.8. The van der Waals surface area contributed by atoms with Gasteiger partial charge in [-0.2, -0.15) is 18.4 Å². The highest BCUT2D eigenvalue weighted by Gasteiger charge is 2.45. The summed E-state index contributed by atoms with van der Waals surface area (Å²) in [7, 11) is 2.09. The molecule has 0 atom stereocenters. The number of thiophene rings is 1. The Bertz CT molecular complexity index is 967. The number of carbonyl (C=O) groups excluding carboxylic acids is 1. The number of piperidine rings is 2. The van der Waals surface area contributed by atoms with Crippen molar-refractivity contribution in [2.24, 2.45) is 5.92 Å². The van der Waals surface area contributed by atoms with Crippen LogP contribution in [0.3, 0.4) is 0 Å². The number of ether oxygens (including phenoxy) is 1. The van der Waals surface area contributed by atoms with Crippen molar-refractivity contribution >= 4 is 17.2 Å². The fourth-order valence-corrected chi connectivity index (χ4v) is 5.65. The lowest BCUT2D eigenvalue weighted by molar-refractivity contribution is -0.149. The van der Waals surface area contributed by atoms with Crippen molar-refractivity contribution in [3.8, 4) is 11.8 Å². The van der Waals surface area contributed by atoms with Gasteiger partial charge in [-0.05, 0) is 7.05 Å². The molecule has 0 radical (unpaired) electrons. The molecule has 0 aliphatic carbocycles. The summed E-state index contributed by atoms with van der Waals surface area (Å²) in [6.07, 6.45) is 0.441. The van der Waals surface area contributed by atoms with Gasteiger partial charge in [-0.1, -0.05) is 12.2 Å². The zero-order valence-electron chi connectivity index (χ0n) is 19.7. The zero-order chi connectivity index (χ0) is 25.2. The Morgan fingerprint density at radius 3 is 2.49 bits per heavy atom. The Hall–Kier alpha value is -2.16. The topological polar surface area (TPSA) is 59.8 Å². The lowest BCUT2D eigenvalue weighted by atomic mass is 9.90. The largest absolute Gasteiger partial charge is 0.488 e. The fraction of sp³-hybridized carbons (Fsp3) is 0.667. The minimum Gasteiger partial charge on any atom is -0.488 e. The Morgan fingerprint density at radius 2 is 1.91 bits per heavy atom. The van der Waals surface area contributed by atoms with Crippen LogP contribution in [0, 0.1) is 17.2 Å². The van der Waals surface area contributed by atoms with E-state index in [1.165, 1.54) is 4.90 Å². The second-order valence-electron chi connectivity index (χ2n) is 9.70. The minimum absolute atomic E-state index is 0.0812. The molecule has 0 bridgehead atoms. The third-order valence-electron chi connectivity index (χ3n) is 7.00. The normalized spacial score (nSPS) is 22.8. The third kappa shape index (κ3) is 6.16. The summed E-state index contributed by atoms with van der Waals surface area (Å²) in [5.41, 5.74) is -1.88. The van der Waals surface area contributed by atoms with Gasteiger partial charge in [0.15, 0.2) is 5.67 Å². The molecule has 192 valence electrons. The monoisotopic (exact) mass is 514 g/mol. The first-order valence-corrected chi connectivity index (χ1v) is 12.7. The standard InChI is InChI=1S/C24H30F4N4O2S/c1-30-15-17(16-30)3-2-8-31-11-6-23(25,7-12-31)22(33)32-9-4-18(5-10-32)34-19-13-21(24(26,27)28)35-20(19)14-29/h2-3,13,17-18H,4-12,15-16H2,1H3. The number of hydrogen-bond donors (Lipinski definition) is 0. The van der Waals surface area contributed by atoms with Crippen molar-refractivity contribution in [3.05, 3.63) is 28.0 Å². The molecule has 0 N–H and O–H groups in total. The minimum atomic E-state index is -4.54. The smallest absolute Gasteiger partial charge is 0.425 e. The summed E-state index contributed by atoms with van der Waals surface area (Å²) in [6.45, 7) is 4.49. The number of nitrogens with zero attached hydrogens (tertiary/aromatic N) is 4. The summed E-state index contributed by atoms with van der Waals surface area (Å²) >= 11 is 0.354. The van der Waals surface area contributed by atoms with Gasteiger partial charge in [0, 0.05) is 83.5 Å². The van der Waals surface area contributed by atoms with Crippen LogP contribution >= 0.6 is 11.3 Å². The summed E-state index contributed by atoms with van der Waals surface area (Å²) in [5.74, 6) is 0.00928. The predicted molar refractivity (Wildman–Crippen MR) is 124 cm³/mol. The van der Waals surface area contributed by atoms with Crippen LogP contribution < -0.4 is 4.74 Å². The Kier molecular flexibility index (Phi) is 7.74. The molecule has 3 aliphatic heterocycles. The Balaban J connectivity index is 1.23. The van der Waals surface area contributed by atoms with E-state index >= 15 is 4.39 Å². The molecule has 4 rings (SSSR count). The molecule has 0 saturated carbocycles. The van der Waals surface area contributed by atoms with E-state index in [9.17, 15) is 18.0 Å². The Morgan fingerprint density at radius 1 is 1.26 bits per heavy atom. The molecule has 3 aliphatic rings. The van der Waals surface area contributed by atoms with Crippen LogP contribution in [-0.2, 0) is 11.0 Å². The summed E-state index contributed by atoms with van der Waals surface area (Å²) in [6, 6.07) is 2.60. The van der Waals surface area contributed by atoms with Crippen LogP contribution in [-0.4, -0.2) is 85.2 Å². The molecule has 0 spiro atoms. The van der Waals surface area contributed by atoms with Gasteiger partial charge in [-0.25, -0.2) is 4.39 Å². The van der Waals surface area contributed by atoms with Gasteiger partial charge in [0.2, 0.25) is 0 Å². The number of nitriles is 1. The van der Waals surface area contributed by atoms with Crippen LogP contribution in [0.4, 0.5) is 17.6 Å². The molecule has 1 aromatic heterocycles. The molecule has 0 unspecified atom stereocenters. The molecule has 35 heavy (non-hydrogen) atoms. The van der Waals surface area contributed by atoms with Gasteiger partial charge in [0.05, 0.1) is 0 Å². The maximum Gasteiger partial charge on any atom is 0.425 e. The first kappa shape index (κ1) is 25.9. The summed E-state index contributed by atoms with van der Waals surface area (Å²) in [5, 5.41) is 9.14. The molecule has 1 amide bonds. The van der Waals surface area contributed by atoms with Crippen molar-refractivity contribution < 1.29 is 27.1 Å². The maximum atomic E-state index is 15.5. The van der Waals surface area contributed by atoms with Crippen LogP contribution in [0.25, 0.3) is 0 Å². The van der Waals surface area contributed by atoms with E-state index in [1.807, 2.05) is 0 Å². The van der Waals surface area contributed by atoms with Crippen LogP contribution in [0.2, 0.25) is 0 Å². The first-order chi connectivity index (χ1) is 16.6. The highest BCUT2D eigenvalue weighted by Crippen LogP contribution is 2.40. The lowest BCUT2D eigenvalue weighted by Gasteiger charge is -2.40. The van der Waals surface area contributed by atoms with Crippen molar-refractivity contribution in [1.29, 1.82) is 5.26 Å². The number of rotatable bonds is 6. The van der Waals surface area contributed by atoms with Crippen molar-refractivity contribution in [2.75, 3.05) is 52.9 Å². The van der Waals surface area contributed by atoms with Crippen LogP contribution in [0.15, 0.2) is 18.2 Å².